The monoisotopic (exact) mass is 404 g/mol. The van der Waals surface area contributed by atoms with E-state index in [4.69, 9.17) is 0 Å². The highest BCUT2D eigenvalue weighted by atomic mass is 35.5. The van der Waals surface area contributed by atoms with Crippen molar-refractivity contribution in [1.29, 1.82) is 0 Å². The summed E-state index contributed by atoms with van der Waals surface area (Å²) in [6, 6.07) is 0. The molecular formula is C23H49ClN2O. The normalized spacial score (nSPS) is 13.5. The summed E-state index contributed by atoms with van der Waals surface area (Å²) in [5.41, 5.74) is 0. The van der Waals surface area contributed by atoms with Gasteiger partial charge < -0.3 is 9.80 Å². The molecule has 0 aromatic rings. The second-order valence-corrected chi connectivity index (χ2v) is 8.42. The molecule has 0 bridgehead atoms. The van der Waals surface area contributed by atoms with Crippen molar-refractivity contribution in [3.8, 4) is 0 Å². The maximum Gasteiger partial charge on any atom is 0.222 e. The highest BCUT2D eigenvalue weighted by molar-refractivity contribution is 5.85. The molecule has 164 valence electrons. The Kier molecular flexibility index (Phi) is 23.6. The molecule has 0 saturated carbocycles. The first-order chi connectivity index (χ1) is 12.6. The van der Waals surface area contributed by atoms with Crippen molar-refractivity contribution in [2.45, 2.75) is 110 Å². The first-order valence-corrected chi connectivity index (χ1v) is 11.5. The van der Waals surface area contributed by atoms with Gasteiger partial charge in [-0.2, -0.15) is 0 Å². The smallest absolute Gasteiger partial charge is 0.222 e. The van der Waals surface area contributed by atoms with Crippen LogP contribution < -0.4 is 0 Å². The van der Waals surface area contributed by atoms with Crippen LogP contribution in [0.1, 0.15) is 110 Å². The lowest BCUT2D eigenvalue weighted by Crippen LogP contribution is -2.25. The van der Waals surface area contributed by atoms with Crippen LogP contribution in [0.4, 0.5) is 0 Å². The van der Waals surface area contributed by atoms with E-state index in [0.29, 0.717) is 5.91 Å². The maximum atomic E-state index is 11.5. The molecule has 1 rings (SSSR count). The van der Waals surface area contributed by atoms with E-state index in [-0.39, 0.29) is 12.4 Å². The molecule has 0 radical (unpaired) electrons. The van der Waals surface area contributed by atoms with Gasteiger partial charge in [0, 0.05) is 19.5 Å². The molecule has 0 N–H and O–H groups in total. The zero-order chi connectivity index (χ0) is 19.5. The van der Waals surface area contributed by atoms with Crippen molar-refractivity contribution in [1.82, 2.24) is 9.80 Å². The van der Waals surface area contributed by atoms with Gasteiger partial charge in [0.2, 0.25) is 5.91 Å². The van der Waals surface area contributed by atoms with Gasteiger partial charge in [-0.05, 0) is 34.0 Å². The molecule has 0 unspecified atom stereocenters. The Bertz CT molecular complexity index is 308. The Morgan fingerprint density at radius 1 is 0.741 bits per heavy atom. The number of carbonyl (C=O) groups excluding carboxylic acids is 1. The number of hydrogen-bond donors (Lipinski definition) is 0. The minimum absolute atomic E-state index is 0. The molecule has 0 atom stereocenters. The number of carbonyl (C=O) groups is 1. The van der Waals surface area contributed by atoms with Gasteiger partial charge in [-0.25, -0.2) is 0 Å². The van der Waals surface area contributed by atoms with Crippen LogP contribution in [0.5, 0.6) is 0 Å². The Morgan fingerprint density at radius 2 is 1.11 bits per heavy atom. The molecule has 1 aliphatic heterocycles. The average Bonchev–Trinajstić information content (AvgIpc) is 3.00. The highest BCUT2D eigenvalue weighted by Crippen LogP contribution is 2.14. The second kappa shape index (κ2) is 22.0. The van der Waals surface area contributed by atoms with E-state index in [1.807, 2.05) is 26.0 Å². The van der Waals surface area contributed by atoms with Crippen LogP contribution in [0.2, 0.25) is 0 Å². The Labute approximate surface area is 177 Å². The van der Waals surface area contributed by atoms with Crippen molar-refractivity contribution in [2.75, 3.05) is 34.2 Å². The topological polar surface area (TPSA) is 23.6 Å². The molecular weight excluding hydrogens is 356 g/mol. The second-order valence-electron chi connectivity index (χ2n) is 8.42. The third-order valence-corrected chi connectivity index (χ3v) is 4.95. The van der Waals surface area contributed by atoms with Crippen LogP contribution >= 0.6 is 12.4 Å². The third-order valence-electron chi connectivity index (χ3n) is 4.95. The van der Waals surface area contributed by atoms with Crippen molar-refractivity contribution in [3.63, 3.8) is 0 Å². The SMILES string of the molecule is CCCCCCCCCCCCCCCCN1CCCC1=O.CN(C)C.Cl. The minimum Gasteiger partial charge on any atom is -0.343 e. The maximum absolute atomic E-state index is 11.5. The third kappa shape index (κ3) is 21.9. The average molecular weight is 405 g/mol. The molecule has 1 aliphatic rings. The van der Waals surface area contributed by atoms with Crippen LogP contribution in [0.25, 0.3) is 0 Å². The molecule has 0 aliphatic carbocycles. The Balaban J connectivity index is 0. The van der Waals surface area contributed by atoms with Gasteiger partial charge in [-0.3, -0.25) is 4.79 Å². The van der Waals surface area contributed by atoms with Gasteiger partial charge in [0.15, 0.2) is 0 Å². The fourth-order valence-corrected chi connectivity index (χ4v) is 3.44. The summed E-state index contributed by atoms with van der Waals surface area (Å²) in [7, 11) is 6.00. The van der Waals surface area contributed by atoms with Crippen molar-refractivity contribution < 1.29 is 4.79 Å². The molecule has 0 aromatic heterocycles. The van der Waals surface area contributed by atoms with E-state index in [2.05, 4.69) is 11.8 Å². The molecule has 27 heavy (non-hydrogen) atoms. The predicted octanol–water partition coefficient (Wildman–Crippen LogP) is 6.69. The van der Waals surface area contributed by atoms with E-state index >= 15 is 0 Å². The molecule has 0 spiro atoms. The summed E-state index contributed by atoms with van der Waals surface area (Å²) in [5, 5.41) is 0. The van der Waals surface area contributed by atoms with E-state index in [1.165, 1.54) is 89.9 Å². The number of rotatable bonds is 15. The van der Waals surface area contributed by atoms with Gasteiger partial charge in [0.05, 0.1) is 0 Å². The zero-order valence-corrected chi connectivity index (χ0v) is 19.8. The summed E-state index contributed by atoms with van der Waals surface area (Å²) in [6.45, 7) is 4.31. The summed E-state index contributed by atoms with van der Waals surface area (Å²) < 4.78 is 0. The summed E-state index contributed by atoms with van der Waals surface area (Å²) in [5.74, 6) is 0.384. The molecule has 3 nitrogen and oxygen atoms in total. The van der Waals surface area contributed by atoms with E-state index in [1.54, 1.807) is 0 Å². The van der Waals surface area contributed by atoms with E-state index in [0.717, 1.165) is 25.9 Å². The highest BCUT2D eigenvalue weighted by Gasteiger charge is 2.18. The van der Waals surface area contributed by atoms with Crippen LogP contribution in [-0.4, -0.2) is 49.9 Å². The lowest BCUT2D eigenvalue weighted by Gasteiger charge is -2.14. The molecule has 1 heterocycles. The predicted molar refractivity (Wildman–Crippen MR) is 123 cm³/mol. The van der Waals surface area contributed by atoms with Gasteiger partial charge in [0.1, 0.15) is 0 Å². The summed E-state index contributed by atoms with van der Waals surface area (Å²) in [6.07, 6.45) is 21.5. The lowest BCUT2D eigenvalue weighted by molar-refractivity contribution is -0.127. The van der Waals surface area contributed by atoms with Gasteiger partial charge in [-0.15, -0.1) is 12.4 Å². The molecule has 1 amide bonds. The number of nitrogens with zero attached hydrogens (tertiary/aromatic N) is 2. The molecule has 1 saturated heterocycles. The molecule has 4 heteroatoms. The van der Waals surface area contributed by atoms with Gasteiger partial charge in [0.25, 0.3) is 0 Å². The van der Waals surface area contributed by atoms with Crippen molar-refractivity contribution in [2.24, 2.45) is 0 Å². The van der Waals surface area contributed by atoms with Gasteiger partial charge in [-0.1, -0.05) is 90.4 Å². The fraction of sp³-hybridized carbons (Fsp3) is 0.957. The first-order valence-electron chi connectivity index (χ1n) is 11.5. The fourth-order valence-electron chi connectivity index (χ4n) is 3.44. The Morgan fingerprint density at radius 3 is 1.44 bits per heavy atom. The number of unbranched alkanes of at least 4 members (excludes halogenated alkanes) is 13. The molecule has 0 aromatic carbocycles. The quantitative estimate of drug-likeness (QED) is 0.284. The zero-order valence-electron chi connectivity index (χ0n) is 18.9. The van der Waals surface area contributed by atoms with Crippen molar-refractivity contribution >= 4 is 18.3 Å². The van der Waals surface area contributed by atoms with Crippen LogP contribution in [0.15, 0.2) is 0 Å². The Hall–Kier alpha value is -0.280. The van der Waals surface area contributed by atoms with Crippen LogP contribution in [0, 0.1) is 0 Å². The van der Waals surface area contributed by atoms with E-state index in [9.17, 15) is 4.79 Å². The van der Waals surface area contributed by atoms with Crippen LogP contribution in [-0.2, 0) is 4.79 Å². The standard InChI is InChI=1S/C20H39NO.C3H9N.ClH/c1-2-3-4-5-6-7-8-9-10-11-12-13-14-15-18-21-19-16-17-20(21)22;1-4(2)3;/h2-19H2,1H3;1-3H3;1H. The number of likely N-dealkylation sites (tertiary alicyclic amines) is 1. The number of amides is 1. The largest absolute Gasteiger partial charge is 0.343 e. The first kappa shape index (κ1) is 28.9. The molecule has 1 fully saturated rings. The summed E-state index contributed by atoms with van der Waals surface area (Å²) in [4.78, 5) is 15.5. The summed E-state index contributed by atoms with van der Waals surface area (Å²) >= 11 is 0. The van der Waals surface area contributed by atoms with Gasteiger partial charge >= 0.3 is 0 Å². The van der Waals surface area contributed by atoms with Crippen LogP contribution in [0.3, 0.4) is 0 Å². The number of halogens is 1. The van der Waals surface area contributed by atoms with E-state index < -0.39 is 0 Å². The lowest BCUT2D eigenvalue weighted by atomic mass is 10.0. The number of hydrogen-bond acceptors (Lipinski definition) is 2. The minimum atomic E-state index is 0. The van der Waals surface area contributed by atoms with Crippen molar-refractivity contribution in [3.05, 3.63) is 0 Å².